The second-order valence-corrected chi connectivity index (χ2v) is 7.25. The lowest BCUT2D eigenvalue weighted by atomic mass is 10.1. The first-order valence-electron chi connectivity index (χ1n) is 9.66. The molecule has 3 aromatic rings. The molecular formula is C21H25N5O3. The lowest BCUT2D eigenvalue weighted by Crippen LogP contribution is -2.42. The number of nitrogens with two attached hydrogens (primary N) is 1. The van der Waals surface area contributed by atoms with Crippen LogP contribution in [-0.2, 0) is 6.54 Å². The van der Waals surface area contributed by atoms with Gasteiger partial charge in [0, 0.05) is 42.3 Å². The SMILES string of the molecule is COc1ccc(Cn2ncc3cc(C(=O)N4CCC(N)CC4)cnc32)c(OC)c1. The van der Waals surface area contributed by atoms with Gasteiger partial charge in [0.25, 0.3) is 5.91 Å². The summed E-state index contributed by atoms with van der Waals surface area (Å²) in [6, 6.07) is 7.72. The van der Waals surface area contributed by atoms with E-state index in [1.54, 1.807) is 31.3 Å². The van der Waals surface area contributed by atoms with E-state index in [0.29, 0.717) is 25.2 Å². The number of hydrogen-bond acceptors (Lipinski definition) is 6. The van der Waals surface area contributed by atoms with Crippen molar-refractivity contribution in [1.29, 1.82) is 0 Å². The maximum Gasteiger partial charge on any atom is 0.255 e. The molecule has 2 aromatic heterocycles. The monoisotopic (exact) mass is 395 g/mol. The van der Waals surface area contributed by atoms with Crippen molar-refractivity contribution in [1.82, 2.24) is 19.7 Å². The summed E-state index contributed by atoms with van der Waals surface area (Å²) in [6.07, 6.45) is 5.04. The van der Waals surface area contributed by atoms with Crippen LogP contribution in [0.5, 0.6) is 11.5 Å². The molecular weight excluding hydrogens is 370 g/mol. The van der Waals surface area contributed by atoms with Crippen LogP contribution in [0.1, 0.15) is 28.8 Å². The smallest absolute Gasteiger partial charge is 0.255 e. The highest BCUT2D eigenvalue weighted by molar-refractivity contribution is 5.96. The van der Waals surface area contributed by atoms with E-state index in [1.807, 2.05) is 29.2 Å². The Hall–Kier alpha value is -3.13. The Kier molecular flexibility index (Phi) is 5.35. The summed E-state index contributed by atoms with van der Waals surface area (Å²) in [5.41, 5.74) is 8.20. The maximum absolute atomic E-state index is 12.8. The topological polar surface area (TPSA) is 95.5 Å². The molecule has 8 nitrogen and oxygen atoms in total. The summed E-state index contributed by atoms with van der Waals surface area (Å²) in [5.74, 6) is 1.45. The average Bonchev–Trinajstić information content (AvgIpc) is 3.16. The second-order valence-electron chi connectivity index (χ2n) is 7.25. The van der Waals surface area contributed by atoms with Gasteiger partial charge in [0.05, 0.1) is 32.5 Å². The number of pyridine rings is 1. The molecule has 0 spiro atoms. The molecule has 8 heteroatoms. The summed E-state index contributed by atoms with van der Waals surface area (Å²) in [4.78, 5) is 19.1. The van der Waals surface area contributed by atoms with Gasteiger partial charge < -0.3 is 20.1 Å². The number of fused-ring (bicyclic) bond motifs is 1. The molecule has 1 aromatic carbocycles. The minimum atomic E-state index is -0.00382. The van der Waals surface area contributed by atoms with Crippen LogP contribution in [-0.4, -0.2) is 58.9 Å². The van der Waals surface area contributed by atoms with E-state index in [-0.39, 0.29) is 11.9 Å². The van der Waals surface area contributed by atoms with Crippen LogP contribution < -0.4 is 15.2 Å². The van der Waals surface area contributed by atoms with Gasteiger partial charge in [-0.1, -0.05) is 0 Å². The Morgan fingerprint density at radius 3 is 2.69 bits per heavy atom. The molecule has 0 radical (unpaired) electrons. The molecule has 1 fully saturated rings. The predicted molar refractivity (Wildman–Crippen MR) is 109 cm³/mol. The van der Waals surface area contributed by atoms with Crippen molar-refractivity contribution in [3.05, 3.63) is 47.8 Å². The van der Waals surface area contributed by atoms with Gasteiger partial charge >= 0.3 is 0 Å². The molecule has 1 amide bonds. The third kappa shape index (κ3) is 3.88. The largest absolute Gasteiger partial charge is 0.497 e. The number of rotatable bonds is 5. The van der Waals surface area contributed by atoms with Crippen molar-refractivity contribution in [3.63, 3.8) is 0 Å². The van der Waals surface area contributed by atoms with E-state index in [4.69, 9.17) is 15.2 Å². The molecule has 1 aliphatic rings. The number of carbonyl (C=O) groups is 1. The highest BCUT2D eigenvalue weighted by Gasteiger charge is 2.22. The van der Waals surface area contributed by atoms with E-state index in [0.717, 1.165) is 40.9 Å². The summed E-state index contributed by atoms with van der Waals surface area (Å²) in [5, 5.41) is 5.29. The van der Waals surface area contributed by atoms with Crippen LogP contribution in [0.4, 0.5) is 0 Å². The van der Waals surface area contributed by atoms with E-state index in [2.05, 4.69) is 10.1 Å². The van der Waals surface area contributed by atoms with E-state index < -0.39 is 0 Å². The van der Waals surface area contributed by atoms with Gasteiger partial charge in [0.2, 0.25) is 0 Å². The standard InChI is InChI=1S/C21H25N5O3/c1-28-18-4-3-14(19(10-18)29-2)13-26-20-15(12-24-26)9-16(11-23-20)21(27)25-7-5-17(22)6-8-25/h3-4,9-12,17H,5-8,13,22H2,1-2H3. The predicted octanol–water partition coefficient (Wildman–Crippen LogP) is 2.06. The Morgan fingerprint density at radius 1 is 1.17 bits per heavy atom. The Bertz CT molecular complexity index is 1020. The molecule has 0 atom stereocenters. The Labute approximate surface area is 169 Å². The molecule has 3 heterocycles. The number of nitrogens with zero attached hydrogens (tertiary/aromatic N) is 4. The van der Waals surface area contributed by atoms with Gasteiger partial charge in [-0.2, -0.15) is 5.10 Å². The number of methoxy groups -OCH3 is 2. The number of benzene rings is 1. The van der Waals surface area contributed by atoms with Crippen LogP contribution in [0.15, 0.2) is 36.7 Å². The highest BCUT2D eigenvalue weighted by atomic mass is 16.5. The van der Waals surface area contributed by atoms with Gasteiger partial charge in [-0.05, 0) is 31.0 Å². The molecule has 0 bridgehead atoms. The van der Waals surface area contributed by atoms with Gasteiger partial charge in [-0.25, -0.2) is 9.67 Å². The van der Waals surface area contributed by atoms with Crippen molar-refractivity contribution < 1.29 is 14.3 Å². The van der Waals surface area contributed by atoms with Crippen molar-refractivity contribution in [2.24, 2.45) is 5.73 Å². The molecule has 4 rings (SSSR count). The molecule has 29 heavy (non-hydrogen) atoms. The number of likely N-dealkylation sites (tertiary alicyclic amines) is 1. The van der Waals surface area contributed by atoms with Crippen LogP contribution >= 0.6 is 0 Å². The first-order valence-corrected chi connectivity index (χ1v) is 9.66. The van der Waals surface area contributed by atoms with E-state index >= 15 is 0 Å². The summed E-state index contributed by atoms with van der Waals surface area (Å²) < 4.78 is 12.5. The first-order chi connectivity index (χ1) is 14.1. The molecule has 1 saturated heterocycles. The second kappa shape index (κ2) is 8.08. The molecule has 152 valence electrons. The zero-order chi connectivity index (χ0) is 20.4. The number of hydrogen-bond donors (Lipinski definition) is 1. The number of aromatic nitrogens is 3. The van der Waals surface area contributed by atoms with Gasteiger partial charge in [0.1, 0.15) is 11.5 Å². The van der Waals surface area contributed by atoms with Crippen LogP contribution in [0.2, 0.25) is 0 Å². The Balaban J connectivity index is 1.57. The van der Waals surface area contributed by atoms with Gasteiger partial charge in [-0.15, -0.1) is 0 Å². The van der Waals surface area contributed by atoms with Crippen molar-refractivity contribution in [2.75, 3.05) is 27.3 Å². The molecule has 1 aliphatic heterocycles. The molecule has 0 saturated carbocycles. The molecule has 0 aliphatic carbocycles. The quantitative estimate of drug-likeness (QED) is 0.710. The van der Waals surface area contributed by atoms with Gasteiger partial charge in [-0.3, -0.25) is 4.79 Å². The fraction of sp³-hybridized carbons (Fsp3) is 0.381. The minimum Gasteiger partial charge on any atom is -0.497 e. The molecule has 2 N–H and O–H groups in total. The maximum atomic E-state index is 12.8. The minimum absolute atomic E-state index is 0.00382. The fourth-order valence-electron chi connectivity index (χ4n) is 3.63. The van der Waals surface area contributed by atoms with E-state index in [1.165, 1.54) is 0 Å². The Morgan fingerprint density at radius 2 is 1.97 bits per heavy atom. The lowest BCUT2D eigenvalue weighted by molar-refractivity contribution is 0.0714. The van der Waals surface area contributed by atoms with Gasteiger partial charge in [0.15, 0.2) is 5.65 Å². The van der Waals surface area contributed by atoms with Crippen molar-refractivity contribution in [2.45, 2.75) is 25.4 Å². The summed E-state index contributed by atoms with van der Waals surface area (Å²) in [7, 11) is 3.25. The lowest BCUT2D eigenvalue weighted by Gasteiger charge is -2.30. The van der Waals surface area contributed by atoms with Crippen LogP contribution in [0, 0.1) is 0 Å². The van der Waals surface area contributed by atoms with Crippen LogP contribution in [0.3, 0.4) is 0 Å². The fourth-order valence-corrected chi connectivity index (χ4v) is 3.63. The third-order valence-electron chi connectivity index (χ3n) is 5.36. The van der Waals surface area contributed by atoms with E-state index in [9.17, 15) is 4.79 Å². The summed E-state index contributed by atoms with van der Waals surface area (Å²) >= 11 is 0. The zero-order valence-corrected chi connectivity index (χ0v) is 16.7. The van der Waals surface area contributed by atoms with Crippen LogP contribution in [0.25, 0.3) is 11.0 Å². The highest BCUT2D eigenvalue weighted by Crippen LogP contribution is 2.26. The van der Waals surface area contributed by atoms with Crippen molar-refractivity contribution in [3.8, 4) is 11.5 Å². The zero-order valence-electron chi connectivity index (χ0n) is 16.7. The average molecular weight is 395 g/mol. The summed E-state index contributed by atoms with van der Waals surface area (Å²) in [6.45, 7) is 1.88. The molecule has 0 unspecified atom stereocenters. The number of amides is 1. The first kappa shape index (κ1) is 19.2. The third-order valence-corrected chi connectivity index (χ3v) is 5.36. The van der Waals surface area contributed by atoms with Crippen molar-refractivity contribution >= 4 is 16.9 Å². The number of ether oxygens (including phenoxy) is 2. The normalized spacial score (nSPS) is 14.9. The number of carbonyl (C=O) groups excluding carboxylic acids is 1. The number of piperidine rings is 1.